The fourth-order valence-corrected chi connectivity index (χ4v) is 7.26. The zero-order valence-corrected chi connectivity index (χ0v) is 25.1. The number of ether oxygens (including phenoxy) is 4. The van der Waals surface area contributed by atoms with Gasteiger partial charge in [-0.15, -0.1) is 0 Å². The molecule has 3 aromatic carbocycles. The third kappa shape index (κ3) is 4.40. The molecule has 0 saturated carbocycles. The van der Waals surface area contributed by atoms with Crippen molar-refractivity contribution >= 4 is 5.97 Å². The molecule has 1 spiro atoms. The highest BCUT2D eigenvalue weighted by atomic mass is 16.7. The lowest BCUT2D eigenvalue weighted by Crippen LogP contribution is -2.66. The fraction of sp³-hybridized carbons (Fsp3) is 0.406. The molecule has 1 unspecified atom stereocenters. The quantitative estimate of drug-likeness (QED) is 0.121. The molecule has 7 rings (SSSR count). The first-order valence-electron chi connectivity index (χ1n) is 15.0. The minimum Gasteiger partial charge on any atom is -0.508 e. The van der Waals surface area contributed by atoms with Crippen molar-refractivity contribution in [2.45, 2.75) is 66.0 Å². The molecule has 0 aliphatic carbocycles. The van der Waals surface area contributed by atoms with Gasteiger partial charge in [0.05, 0.1) is 29.9 Å². The maximum absolute atomic E-state index is 13.6. The van der Waals surface area contributed by atoms with Gasteiger partial charge in [-0.2, -0.15) is 0 Å². The number of carbonyl (C=O) groups excluding carboxylic acids is 1. The monoisotopic (exact) mass is 688 g/mol. The minimum absolute atomic E-state index is 0.0250. The summed E-state index contributed by atoms with van der Waals surface area (Å²) in [6.45, 7) is -2.14. The van der Waals surface area contributed by atoms with E-state index in [0.29, 0.717) is 0 Å². The van der Waals surface area contributed by atoms with Crippen LogP contribution in [0.1, 0.15) is 38.2 Å². The van der Waals surface area contributed by atoms with E-state index in [2.05, 4.69) is 0 Å². The van der Waals surface area contributed by atoms with Crippen molar-refractivity contribution in [2.24, 2.45) is 0 Å². The summed E-state index contributed by atoms with van der Waals surface area (Å²) in [6.07, 6.45) is -17.6. The largest absolute Gasteiger partial charge is 0.508 e. The van der Waals surface area contributed by atoms with Gasteiger partial charge < -0.3 is 80.2 Å². The number of aliphatic hydroxyl groups is 10. The van der Waals surface area contributed by atoms with Crippen molar-refractivity contribution in [3.05, 3.63) is 81.9 Å². The Morgan fingerprint density at radius 3 is 1.82 bits per heavy atom. The Labute approximate surface area is 275 Å². The SMILES string of the molecule is O=C1OC2(c3ccc(O)cc3Oc3cc(O)c([C@]4(O)O[C@H](CO)[C@H](O)[C@H](O)[C@H]4O)c([C@@]4(O)O[C@H](CO)[C@H](O)[C@H](O)[C@H]4O)c32)c2ccccc21. The van der Waals surface area contributed by atoms with E-state index in [4.69, 9.17) is 18.9 Å². The number of carbonyl (C=O) groups is 1. The molecule has 2 fully saturated rings. The van der Waals surface area contributed by atoms with E-state index in [-0.39, 0.29) is 28.2 Å². The molecule has 17 heteroatoms. The van der Waals surface area contributed by atoms with Gasteiger partial charge in [-0.25, -0.2) is 4.79 Å². The van der Waals surface area contributed by atoms with Gasteiger partial charge >= 0.3 is 5.97 Å². The fourth-order valence-electron chi connectivity index (χ4n) is 7.26. The third-order valence-electron chi connectivity index (χ3n) is 9.61. The topological polar surface area (TPSA) is 297 Å². The van der Waals surface area contributed by atoms with Crippen LogP contribution in [-0.4, -0.2) is 129 Å². The average Bonchev–Trinajstić information content (AvgIpc) is 3.37. The van der Waals surface area contributed by atoms with Crippen molar-refractivity contribution in [3.8, 4) is 23.0 Å². The first-order valence-corrected chi connectivity index (χ1v) is 15.0. The lowest BCUT2D eigenvalue weighted by atomic mass is 9.70. The molecule has 4 aliphatic heterocycles. The smallest absolute Gasteiger partial charge is 0.340 e. The molecule has 11 atom stereocenters. The molecule has 17 nitrogen and oxygen atoms in total. The molecule has 0 radical (unpaired) electrons. The van der Waals surface area contributed by atoms with Gasteiger partial charge in [0.25, 0.3) is 0 Å². The number of esters is 1. The van der Waals surface area contributed by atoms with Crippen LogP contribution >= 0.6 is 0 Å². The van der Waals surface area contributed by atoms with Gasteiger partial charge in [0, 0.05) is 28.8 Å². The summed E-state index contributed by atoms with van der Waals surface area (Å²) in [6, 6.07) is 10.3. The molecule has 12 N–H and O–H groups in total. The Kier molecular flexibility index (Phi) is 7.73. The Morgan fingerprint density at radius 2 is 1.22 bits per heavy atom. The van der Waals surface area contributed by atoms with Crippen molar-refractivity contribution in [1.82, 2.24) is 0 Å². The second-order valence-corrected chi connectivity index (χ2v) is 12.3. The Bertz CT molecular complexity index is 1830. The highest BCUT2D eigenvalue weighted by Crippen LogP contribution is 2.62. The highest BCUT2D eigenvalue weighted by molar-refractivity contribution is 5.97. The second-order valence-electron chi connectivity index (χ2n) is 12.3. The average molecular weight is 689 g/mol. The van der Waals surface area contributed by atoms with Gasteiger partial charge in [0.2, 0.25) is 11.6 Å². The number of hydrogen-bond donors (Lipinski definition) is 12. The van der Waals surface area contributed by atoms with Gasteiger partial charge in [-0.05, 0) is 18.2 Å². The number of aromatic hydroxyl groups is 2. The molecule has 4 heterocycles. The van der Waals surface area contributed by atoms with Crippen molar-refractivity contribution < 1.29 is 85.0 Å². The van der Waals surface area contributed by atoms with Crippen LogP contribution in [0, 0.1) is 0 Å². The molecule has 3 aromatic rings. The van der Waals surface area contributed by atoms with Crippen molar-refractivity contribution in [3.63, 3.8) is 0 Å². The van der Waals surface area contributed by atoms with Crippen molar-refractivity contribution in [1.29, 1.82) is 0 Å². The summed E-state index contributed by atoms with van der Waals surface area (Å²) in [7, 11) is 0. The molecular formula is C32H32O17. The third-order valence-corrected chi connectivity index (χ3v) is 9.61. The number of aliphatic hydroxyl groups excluding tert-OH is 8. The number of hydrogen-bond acceptors (Lipinski definition) is 17. The second kappa shape index (κ2) is 11.3. The Hall–Kier alpha value is -3.95. The van der Waals surface area contributed by atoms with Crippen LogP contribution in [0.3, 0.4) is 0 Å². The Morgan fingerprint density at radius 1 is 0.653 bits per heavy atom. The van der Waals surface area contributed by atoms with E-state index >= 15 is 0 Å². The molecule has 0 aromatic heterocycles. The molecule has 0 amide bonds. The maximum atomic E-state index is 13.6. The van der Waals surface area contributed by atoms with Gasteiger partial charge in [-0.3, -0.25) is 0 Å². The summed E-state index contributed by atoms with van der Waals surface area (Å²) < 4.78 is 23.3. The Balaban J connectivity index is 1.65. The van der Waals surface area contributed by atoms with Crippen LogP contribution in [0.2, 0.25) is 0 Å². The highest BCUT2D eigenvalue weighted by Gasteiger charge is 2.65. The predicted octanol–water partition coefficient (Wildman–Crippen LogP) is -3.10. The van der Waals surface area contributed by atoms with E-state index in [1.165, 1.54) is 36.4 Å². The molecule has 4 aliphatic rings. The molecule has 2 saturated heterocycles. The zero-order valence-electron chi connectivity index (χ0n) is 25.1. The first kappa shape index (κ1) is 33.5. The van der Waals surface area contributed by atoms with Gasteiger partial charge in [0.1, 0.15) is 71.8 Å². The molecule has 262 valence electrons. The van der Waals surface area contributed by atoms with Gasteiger partial charge in [0.15, 0.2) is 5.60 Å². The van der Waals surface area contributed by atoms with E-state index in [9.17, 15) is 66.1 Å². The van der Waals surface area contributed by atoms with Crippen molar-refractivity contribution in [2.75, 3.05) is 13.2 Å². The van der Waals surface area contributed by atoms with E-state index in [1.807, 2.05) is 0 Å². The van der Waals surface area contributed by atoms with Crippen LogP contribution in [-0.2, 0) is 31.4 Å². The number of rotatable bonds is 4. The predicted molar refractivity (Wildman–Crippen MR) is 156 cm³/mol. The van der Waals surface area contributed by atoms with Crippen LogP contribution in [0.15, 0.2) is 48.5 Å². The summed E-state index contributed by atoms with van der Waals surface area (Å²) in [5.41, 5.74) is -4.90. The van der Waals surface area contributed by atoms with Crippen LogP contribution in [0.4, 0.5) is 0 Å². The minimum atomic E-state index is -3.45. The summed E-state index contributed by atoms with van der Waals surface area (Å²) in [4.78, 5) is 13.6. The van der Waals surface area contributed by atoms with Gasteiger partial charge in [-0.1, -0.05) is 18.2 Å². The first-order chi connectivity index (χ1) is 23.1. The number of phenols is 2. The number of fused-ring (bicyclic) bond motifs is 6. The van der Waals surface area contributed by atoms with E-state index in [1.54, 1.807) is 0 Å². The summed E-state index contributed by atoms with van der Waals surface area (Å²) in [5.74, 6) is -9.84. The summed E-state index contributed by atoms with van der Waals surface area (Å²) in [5, 5.41) is 132. The lowest BCUT2D eigenvalue weighted by Gasteiger charge is -2.51. The standard InChI is InChI=1S/C32H32O17/c33-9-18-23(37)25(39)27(41)31(44,47-18)20-15(36)8-17-21(22(20)32(45)28(42)26(40)24(38)19(10-34)48-32)30(14-6-5-11(35)7-16(14)46-17)13-4-2-1-3-12(13)29(43)49-30/h1-8,18-19,23-28,33-42,44-45H,9-10H2/t18-,19-,23+,24+,25+,26+,27-,28-,30?,31+,32-/m1/s1. The molecular weight excluding hydrogens is 656 g/mol. The van der Waals surface area contributed by atoms with Crippen LogP contribution < -0.4 is 4.74 Å². The maximum Gasteiger partial charge on any atom is 0.340 e. The number of phenolic OH excluding ortho intramolecular Hbond substituents is 2. The van der Waals surface area contributed by atoms with Crippen LogP contribution in [0.25, 0.3) is 0 Å². The van der Waals surface area contributed by atoms with Crippen LogP contribution in [0.5, 0.6) is 23.0 Å². The normalized spacial score (nSPS) is 38.0. The number of benzene rings is 3. The van der Waals surface area contributed by atoms with E-state index in [0.717, 1.165) is 12.1 Å². The lowest BCUT2D eigenvalue weighted by molar-refractivity contribution is -0.370. The molecule has 49 heavy (non-hydrogen) atoms. The summed E-state index contributed by atoms with van der Waals surface area (Å²) >= 11 is 0. The van der Waals surface area contributed by atoms with E-state index < -0.39 is 113 Å². The zero-order chi connectivity index (χ0) is 35.4. The molecule has 0 bridgehead atoms.